The van der Waals surface area contributed by atoms with Crippen LogP contribution in [0.4, 0.5) is 5.82 Å². The second kappa shape index (κ2) is 10.7. The highest BCUT2D eigenvalue weighted by molar-refractivity contribution is 7.53. The SMILES string of the molecule is C[C@](CO)(OC[C@H]1O[C@@H](n2ncc3c(NC4CCCC4)nc(C#CCO)nc32)[C@H](O)[C@@H]1O)P(=O)(O)O. The van der Waals surface area contributed by atoms with E-state index in [-0.39, 0.29) is 24.1 Å². The molecule has 2 aromatic heterocycles. The van der Waals surface area contributed by atoms with Crippen LogP contribution in [0.1, 0.15) is 44.7 Å². The molecular formula is C21H30N5O9P. The summed E-state index contributed by atoms with van der Waals surface area (Å²) in [7, 11) is -4.85. The van der Waals surface area contributed by atoms with Crippen LogP contribution >= 0.6 is 7.60 Å². The first-order valence-electron chi connectivity index (χ1n) is 11.5. The molecule has 15 heteroatoms. The minimum absolute atomic E-state index is 0.118. The minimum atomic E-state index is -4.85. The summed E-state index contributed by atoms with van der Waals surface area (Å²) in [6.45, 7) is -0.839. The molecule has 5 atom stereocenters. The maximum atomic E-state index is 11.7. The summed E-state index contributed by atoms with van der Waals surface area (Å²) in [5.74, 6) is 5.79. The van der Waals surface area contributed by atoms with Gasteiger partial charge in [-0.15, -0.1) is 0 Å². The van der Waals surface area contributed by atoms with Gasteiger partial charge in [-0.1, -0.05) is 18.8 Å². The van der Waals surface area contributed by atoms with Gasteiger partial charge in [-0.3, -0.25) is 4.57 Å². The van der Waals surface area contributed by atoms with Crippen LogP contribution in [0.3, 0.4) is 0 Å². The van der Waals surface area contributed by atoms with Gasteiger partial charge in [0.15, 0.2) is 17.2 Å². The average molecular weight is 527 g/mol. The maximum Gasteiger partial charge on any atom is 0.359 e. The van der Waals surface area contributed by atoms with E-state index in [1.807, 2.05) is 0 Å². The molecule has 0 bridgehead atoms. The van der Waals surface area contributed by atoms with Gasteiger partial charge in [-0.2, -0.15) is 5.10 Å². The summed E-state index contributed by atoms with van der Waals surface area (Å²) in [6, 6.07) is 0.219. The fourth-order valence-corrected chi connectivity index (χ4v) is 4.64. The van der Waals surface area contributed by atoms with Crippen LogP contribution in [0.5, 0.6) is 0 Å². The van der Waals surface area contributed by atoms with Crippen LogP contribution in [0.25, 0.3) is 11.0 Å². The van der Waals surface area contributed by atoms with E-state index in [4.69, 9.17) is 14.6 Å². The van der Waals surface area contributed by atoms with Gasteiger partial charge in [0.05, 0.1) is 24.8 Å². The first-order chi connectivity index (χ1) is 17.1. The van der Waals surface area contributed by atoms with E-state index in [1.54, 1.807) is 0 Å². The van der Waals surface area contributed by atoms with Crippen LogP contribution < -0.4 is 5.32 Å². The largest absolute Gasteiger partial charge is 0.393 e. The lowest BCUT2D eigenvalue weighted by atomic mass is 10.1. The van der Waals surface area contributed by atoms with Crippen LogP contribution in [0.2, 0.25) is 0 Å². The number of ether oxygens (including phenoxy) is 2. The van der Waals surface area contributed by atoms with Crippen molar-refractivity contribution in [2.24, 2.45) is 0 Å². The van der Waals surface area contributed by atoms with Crippen LogP contribution in [-0.2, 0) is 14.0 Å². The highest BCUT2D eigenvalue weighted by Crippen LogP contribution is 2.51. The molecule has 0 amide bonds. The predicted octanol–water partition coefficient (Wildman–Crippen LogP) is -0.953. The van der Waals surface area contributed by atoms with Gasteiger partial charge in [0.25, 0.3) is 0 Å². The molecule has 2 fully saturated rings. The zero-order chi connectivity index (χ0) is 26.1. The molecule has 3 heterocycles. The monoisotopic (exact) mass is 527 g/mol. The zero-order valence-electron chi connectivity index (χ0n) is 19.6. The third-order valence-electron chi connectivity index (χ3n) is 6.48. The number of hydrogen-bond acceptors (Lipinski definition) is 11. The molecule has 4 rings (SSSR count). The van der Waals surface area contributed by atoms with E-state index < -0.39 is 50.7 Å². The fraction of sp³-hybridized carbons (Fsp3) is 0.667. The summed E-state index contributed by atoms with van der Waals surface area (Å²) < 4.78 is 24.0. The Hall–Kier alpha value is -2.18. The van der Waals surface area contributed by atoms with Gasteiger partial charge < -0.3 is 45.0 Å². The molecule has 36 heavy (non-hydrogen) atoms. The first-order valence-corrected chi connectivity index (χ1v) is 13.1. The van der Waals surface area contributed by atoms with Crippen molar-refractivity contribution < 1.29 is 44.3 Å². The van der Waals surface area contributed by atoms with Crippen molar-refractivity contribution in [3.05, 3.63) is 12.0 Å². The van der Waals surface area contributed by atoms with Crippen molar-refractivity contribution in [3.8, 4) is 11.8 Å². The molecule has 14 nitrogen and oxygen atoms in total. The highest BCUT2D eigenvalue weighted by Gasteiger charge is 2.48. The van der Waals surface area contributed by atoms with E-state index in [1.165, 1.54) is 10.9 Å². The molecule has 7 N–H and O–H groups in total. The van der Waals surface area contributed by atoms with E-state index >= 15 is 0 Å². The molecule has 0 spiro atoms. The standard InChI is InChI=1S/C21H30N5O9P/c1-21(11-28,36(31,32)33)34-10-14-16(29)17(30)20(35-14)26-19-13(9-22-26)18(23-12-5-2-3-6-12)24-15(25-19)7-4-8-27/h9,12,14,16-17,20,27-30H,2-3,5-6,8,10-11H2,1H3,(H,23,24,25)(H2,31,32,33)/t14-,16-,17-,20-,21+/m1/s1. The number of rotatable bonds is 8. The number of aliphatic hydroxyl groups is 4. The molecular weight excluding hydrogens is 497 g/mol. The molecule has 198 valence electrons. The Morgan fingerprint density at radius 3 is 2.61 bits per heavy atom. The number of aromatic nitrogens is 4. The van der Waals surface area contributed by atoms with E-state index in [2.05, 4.69) is 32.2 Å². The lowest BCUT2D eigenvalue weighted by Gasteiger charge is -2.29. The third-order valence-corrected chi connectivity index (χ3v) is 7.98. The van der Waals surface area contributed by atoms with Crippen molar-refractivity contribution in [2.75, 3.05) is 25.1 Å². The van der Waals surface area contributed by atoms with Gasteiger partial charge in [-0.25, -0.2) is 14.6 Å². The van der Waals surface area contributed by atoms with Crippen molar-refractivity contribution in [2.45, 2.75) is 68.5 Å². The quantitative estimate of drug-likeness (QED) is 0.163. The predicted molar refractivity (Wildman–Crippen MR) is 125 cm³/mol. The van der Waals surface area contributed by atoms with Crippen LogP contribution in [-0.4, -0.2) is 99.5 Å². The molecule has 0 aromatic carbocycles. The second-order valence-corrected chi connectivity index (χ2v) is 11.1. The van der Waals surface area contributed by atoms with Gasteiger partial charge in [0.1, 0.15) is 30.7 Å². The maximum absolute atomic E-state index is 11.7. The smallest absolute Gasteiger partial charge is 0.359 e. The summed E-state index contributed by atoms with van der Waals surface area (Å²) in [5, 5.41) is 45.7. The third kappa shape index (κ3) is 5.26. The number of nitrogens with one attached hydrogen (secondary N) is 1. The van der Waals surface area contributed by atoms with Crippen LogP contribution in [0, 0.1) is 11.8 Å². The number of fused-ring (bicyclic) bond motifs is 1. The molecule has 1 saturated heterocycles. The summed E-state index contributed by atoms with van der Waals surface area (Å²) in [5.41, 5.74) is 0.265. The Morgan fingerprint density at radius 1 is 1.25 bits per heavy atom. The van der Waals surface area contributed by atoms with Gasteiger partial charge in [0, 0.05) is 6.04 Å². The van der Waals surface area contributed by atoms with Gasteiger partial charge >= 0.3 is 7.60 Å². The van der Waals surface area contributed by atoms with Crippen LogP contribution in [0.15, 0.2) is 6.20 Å². The van der Waals surface area contributed by atoms with Crippen molar-refractivity contribution in [3.63, 3.8) is 0 Å². The number of anilines is 1. The second-order valence-electron chi connectivity index (χ2n) is 9.04. The van der Waals surface area contributed by atoms with Gasteiger partial charge in [-0.05, 0) is 25.7 Å². The molecule has 2 aromatic rings. The molecule has 2 aliphatic rings. The summed E-state index contributed by atoms with van der Waals surface area (Å²) in [6.07, 6.45) is 0.299. The topological polar surface area (TPSA) is 213 Å². The fourth-order valence-electron chi connectivity index (χ4n) is 4.21. The molecule has 1 saturated carbocycles. The van der Waals surface area contributed by atoms with Crippen molar-refractivity contribution in [1.82, 2.24) is 19.7 Å². The van der Waals surface area contributed by atoms with E-state index in [0.717, 1.165) is 32.6 Å². The van der Waals surface area contributed by atoms with E-state index in [0.29, 0.717) is 11.2 Å². The molecule has 1 aliphatic heterocycles. The van der Waals surface area contributed by atoms with Gasteiger partial charge in [0.2, 0.25) is 5.82 Å². The lowest BCUT2D eigenvalue weighted by Crippen LogP contribution is -2.39. The molecule has 1 aliphatic carbocycles. The average Bonchev–Trinajstić information content (AvgIpc) is 3.56. The molecule has 0 unspecified atom stereocenters. The zero-order valence-corrected chi connectivity index (χ0v) is 20.5. The number of aliphatic hydroxyl groups excluding tert-OH is 4. The Kier molecular flexibility index (Phi) is 7.96. The number of hydrogen-bond donors (Lipinski definition) is 7. The van der Waals surface area contributed by atoms with Crippen molar-refractivity contribution in [1.29, 1.82) is 0 Å². The van der Waals surface area contributed by atoms with E-state index in [9.17, 15) is 29.7 Å². The summed E-state index contributed by atoms with van der Waals surface area (Å²) >= 11 is 0. The van der Waals surface area contributed by atoms with Crippen molar-refractivity contribution >= 4 is 24.4 Å². The Labute approximate surface area is 206 Å². The minimum Gasteiger partial charge on any atom is -0.393 e. The summed E-state index contributed by atoms with van der Waals surface area (Å²) in [4.78, 5) is 27.8. The Morgan fingerprint density at radius 2 is 1.97 bits per heavy atom. The lowest BCUT2D eigenvalue weighted by molar-refractivity contribution is -0.104. The Balaban J connectivity index is 1.62. The Bertz CT molecular complexity index is 1190. The molecule has 0 radical (unpaired) electrons. The highest BCUT2D eigenvalue weighted by atomic mass is 31.2. The normalized spacial score (nSPS) is 26.6. The number of nitrogens with zero attached hydrogens (tertiary/aromatic N) is 4. The first kappa shape index (κ1) is 26.9.